The topological polar surface area (TPSA) is 108 Å². The Kier molecular flexibility index (Phi) is 13.4. The molecule has 101 heavy (non-hydrogen) atoms. The number of fused-ring (bicyclic) bond motifs is 22. The van der Waals surface area contributed by atoms with Crippen molar-refractivity contribution in [2.75, 3.05) is 0 Å². The monoisotopic (exact) mass is 1310 g/mol. The Hall–Kier alpha value is -11.2. The van der Waals surface area contributed by atoms with E-state index in [2.05, 4.69) is 279 Å². The zero-order chi connectivity index (χ0) is 67.8. The lowest BCUT2D eigenvalue weighted by molar-refractivity contribution is -0.658. The molecule has 23 rings (SSSR count). The first kappa shape index (κ1) is 59.8. The summed E-state index contributed by atoms with van der Waals surface area (Å²) in [5, 5.41) is 7.84. The molecule has 8 aliphatic rings. The van der Waals surface area contributed by atoms with Gasteiger partial charge >= 0.3 is 27.3 Å². The van der Waals surface area contributed by atoms with Crippen molar-refractivity contribution in [3.63, 3.8) is 0 Å². The number of hydrogen-bond donors (Lipinski definition) is 0. The van der Waals surface area contributed by atoms with E-state index in [9.17, 15) is 0 Å². The summed E-state index contributed by atoms with van der Waals surface area (Å²) in [5.74, 6) is 2.38. The molecule has 0 spiro atoms. The van der Waals surface area contributed by atoms with E-state index < -0.39 is 0 Å². The molecule has 8 aliphatic heterocycles. The Balaban J connectivity index is 0.0000000916. The lowest BCUT2D eigenvalue weighted by Gasteiger charge is -2.34. The summed E-state index contributed by atoms with van der Waals surface area (Å²) < 4.78 is 16.6. The molecule has 0 bridgehead atoms. The molecule has 0 radical (unpaired) electrons. The van der Waals surface area contributed by atoms with Gasteiger partial charge in [-0.25, -0.2) is 48.2 Å². The van der Waals surface area contributed by atoms with Crippen LogP contribution in [0.15, 0.2) is 201 Å². The maximum atomic E-state index is 4.78. The van der Waals surface area contributed by atoms with Crippen molar-refractivity contribution in [1.29, 1.82) is 0 Å². The van der Waals surface area contributed by atoms with Crippen LogP contribution in [0.1, 0.15) is 113 Å². The molecule has 0 N–H and O–H groups in total. The van der Waals surface area contributed by atoms with Crippen LogP contribution in [0.3, 0.4) is 0 Å². The second-order valence-electron chi connectivity index (χ2n) is 29.4. The zero-order valence-corrected chi connectivity index (χ0v) is 58.3. The van der Waals surface area contributed by atoms with E-state index in [1.54, 1.807) is 12.7 Å². The van der Waals surface area contributed by atoms with Crippen molar-refractivity contribution in [2.45, 2.75) is 79.1 Å². The normalized spacial score (nSPS) is 14.1. The van der Waals surface area contributed by atoms with Crippen molar-refractivity contribution < 1.29 is 18.3 Å². The standard InChI is InChI=1S/C26H21BN4.C22H19BN4.C19H17BN2.C17H16BN3/c1-30-13-16-7-3-5-9-18(16)20-11-22-24-23(29-15-28-22)12-21-19-10-6-4-8-17(19)14-31(2)26(21)27(24)25(20)30;1-26-9-5-7-14-10-18-20-19(25-13-24-18)11-17-16-8-4-3-6-15(16)12-27(2)22(17)23(20)21(14)26;1-12-5-3-6-14-9-15-7-4-8-16-10-17-21-11-13(2)22(17)20(18(12)14)19(15)16;1-11-6-7-15-8-13-4-3-5-14-9-16-19-10-12(2)21(16)18(17(13)14)20(11)15/h3-10,13-15H,11-12H2,1-2H3;3-9,12-13H,10-11H2,1-2H3;3-8,11H,9-10H2,1-2H3;3-7,10H,8-9H2,1-2H3/q2*+2;;. The predicted octanol–water partition coefficient (Wildman–Crippen LogP) is 4.22. The van der Waals surface area contributed by atoms with Crippen LogP contribution in [0.25, 0.3) is 32.3 Å². The van der Waals surface area contributed by atoms with E-state index in [0.29, 0.717) is 6.85 Å². The number of hydrogen-bond acceptors (Lipinski definition) is 6. The number of aromatic nitrogens is 13. The number of benzene rings is 6. The number of aryl methyl sites for hydroxylation is 8. The fraction of sp³-hybridized carbons (Fsp3) is 0.190. The van der Waals surface area contributed by atoms with Gasteiger partial charge in [-0.1, -0.05) is 115 Å². The SMILES string of the molecule is C[n+]1cc2ccccc2c2c1B1c3c(ncnc3Cc3c1[n+](C)cc1ccccc31)C2.C[n+]1cccc2c1B1c3c(ncnc3Cc3c1[n+](C)cc1ccccc31)C2.Cc1ccc2n1B1c3c(cccc3Cc3ncc(C)n31)C2.Cc1cccc2c1B1c3c(cccc3Cc3ncc(C)n31)C2. The molecule has 0 aliphatic carbocycles. The average Bonchev–Trinajstić information content (AvgIpc) is 1.24. The van der Waals surface area contributed by atoms with Crippen LogP contribution in [0.4, 0.5) is 0 Å². The minimum atomic E-state index is 0.142. The number of imidazole rings is 2. The first-order valence-electron chi connectivity index (χ1n) is 35.8. The van der Waals surface area contributed by atoms with E-state index in [1.165, 1.54) is 195 Å². The molecule has 13 nitrogen and oxygen atoms in total. The van der Waals surface area contributed by atoms with Gasteiger partial charge in [0.25, 0.3) is 0 Å². The maximum Gasteiger partial charge on any atom is 0.421 e. The molecule has 0 unspecified atom stereocenters. The van der Waals surface area contributed by atoms with Gasteiger partial charge in [0.05, 0.1) is 0 Å². The quantitative estimate of drug-likeness (QED) is 0.167. The zero-order valence-electron chi connectivity index (χ0n) is 58.3. The van der Waals surface area contributed by atoms with Gasteiger partial charge in [-0.3, -0.25) is 0 Å². The highest BCUT2D eigenvalue weighted by molar-refractivity contribution is 6.96. The summed E-state index contributed by atoms with van der Waals surface area (Å²) in [5.41, 5.74) is 36.9. The molecule has 6 aromatic carbocycles. The Morgan fingerprint density at radius 3 is 1.34 bits per heavy atom. The molecule has 482 valence electrons. The Morgan fingerprint density at radius 2 is 0.782 bits per heavy atom. The fourth-order valence-corrected chi connectivity index (χ4v) is 19.6. The molecule has 15 aromatic rings. The van der Waals surface area contributed by atoms with Crippen LogP contribution in [0.5, 0.6) is 0 Å². The number of nitrogens with zero attached hydrogens (tertiary/aromatic N) is 13. The van der Waals surface area contributed by atoms with Crippen LogP contribution in [0, 0.1) is 27.7 Å². The number of rotatable bonds is 0. The van der Waals surface area contributed by atoms with E-state index in [1.807, 2.05) is 12.4 Å². The third kappa shape index (κ3) is 8.99. The lowest BCUT2D eigenvalue weighted by atomic mass is 9.34. The minimum Gasteiger partial charge on any atom is -0.368 e. The maximum absolute atomic E-state index is 4.78. The van der Waals surface area contributed by atoms with Gasteiger partial charge in [0.2, 0.25) is 0 Å². The average molecular weight is 1310 g/mol. The van der Waals surface area contributed by atoms with Crippen molar-refractivity contribution in [2.24, 2.45) is 28.2 Å². The smallest absolute Gasteiger partial charge is 0.368 e. The van der Waals surface area contributed by atoms with Crippen LogP contribution in [0.2, 0.25) is 0 Å². The minimum absolute atomic E-state index is 0.142. The van der Waals surface area contributed by atoms with Gasteiger partial charge in [-0.15, -0.1) is 0 Å². The Morgan fingerprint density at radius 1 is 0.337 bits per heavy atom. The number of pyridine rings is 4. The first-order chi connectivity index (χ1) is 49.4. The predicted molar refractivity (Wildman–Crippen MR) is 403 cm³/mol. The molecule has 0 atom stereocenters. The van der Waals surface area contributed by atoms with Gasteiger partial charge in [0, 0.05) is 147 Å². The van der Waals surface area contributed by atoms with Gasteiger partial charge in [0.1, 0.15) is 52.5 Å². The van der Waals surface area contributed by atoms with E-state index in [-0.39, 0.29) is 20.4 Å². The van der Waals surface area contributed by atoms with Crippen LogP contribution in [-0.4, -0.2) is 70.6 Å². The third-order valence-electron chi connectivity index (χ3n) is 23.7. The Bertz CT molecular complexity index is 5890. The molecule has 0 amide bonds. The largest absolute Gasteiger partial charge is 0.421 e. The van der Waals surface area contributed by atoms with Crippen molar-refractivity contribution in [1.82, 2.24) is 43.3 Å². The van der Waals surface area contributed by atoms with Crippen molar-refractivity contribution in [3.05, 3.63) is 314 Å². The highest BCUT2D eigenvalue weighted by Gasteiger charge is 2.52. The molecular formula is C84H73B4N13+4. The van der Waals surface area contributed by atoms with Crippen molar-refractivity contribution >= 4 is 109 Å². The highest BCUT2D eigenvalue weighted by Crippen LogP contribution is 2.32. The summed E-state index contributed by atoms with van der Waals surface area (Å²) in [6.45, 7) is 9.68. The summed E-state index contributed by atoms with van der Waals surface area (Å²) in [4.78, 5) is 28.3. The second-order valence-corrected chi connectivity index (χ2v) is 29.4. The summed E-state index contributed by atoms with van der Waals surface area (Å²) in [7, 11) is 8.71. The van der Waals surface area contributed by atoms with Gasteiger partial charge in [-0.2, -0.15) is 0 Å². The van der Waals surface area contributed by atoms with E-state index in [0.717, 1.165) is 51.4 Å². The fourth-order valence-electron chi connectivity index (χ4n) is 19.6. The third-order valence-corrected chi connectivity index (χ3v) is 23.7. The Labute approximate surface area is 589 Å². The van der Waals surface area contributed by atoms with Crippen molar-refractivity contribution in [3.8, 4) is 0 Å². The summed E-state index contributed by atoms with van der Waals surface area (Å²) in [6.07, 6.45) is 24.0. The van der Waals surface area contributed by atoms with E-state index in [4.69, 9.17) is 15.0 Å². The molecule has 17 heterocycles. The second kappa shape index (κ2) is 22.7. The first-order valence-corrected chi connectivity index (χ1v) is 35.8. The molecule has 0 saturated heterocycles. The molecule has 9 aromatic heterocycles. The lowest BCUT2D eigenvalue weighted by Crippen LogP contribution is -2.75. The molecule has 0 fully saturated rings. The summed E-state index contributed by atoms with van der Waals surface area (Å²) in [6, 6.07) is 55.3. The highest BCUT2D eigenvalue weighted by atomic mass is 15.1. The summed E-state index contributed by atoms with van der Waals surface area (Å²) >= 11 is 0. The van der Waals surface area contributed by atoms with Gasteiger partial charge in [0.15, 0.2) is 47.2 Å². The van der Waals surface area contributed by atoms with Gasteiger partial charge in [-0.05, 0) is 142 Å². The van der Waals surface area contributed by atoms with Gasteiger partial charge < -0.3 is 13.4 Å². The van der Waals surface area contributed by atoms with Crippen LogP contribution < -0.4 is 68.0 Å². The molecule has 0 saturated carbocycles. The molecular weight excluding hydrogens is 1230 g/mol. The van der Waals surface area contributed by atoms with Crippen LogP contribution >= 0.6 is 0 Å². The van der Waals surface area contributed by atoms with E-state index >= 15 is 0 Å². The van der Waals surface area contributed by atoms with Crippen LogP contribution in [-0.2, 0) is 79.6 Å². The molecule has 17 heteroatoms.